The predicted octanol–water partition coefficient (Wildman–Crippen LogP) is 1.97. The van der Waals surface area contributed by atoms with Crippen molar-refractivity contribution in [3.8, 4) is 0 Å². The minimum atomic E-state index is -0.879. The van der Waals surface area contributed by atoms with Gasteiger partial charge in [-0.2, -0.15) is 0 Å². The molecule has 5 heteroatoms. The van der Waals surface area contributed by atoms with Gasteiger partial charge in [-0.25, -0.2) is 4.79 Å². The van der Waals surface area contributed by atoms with Crippen molar-refractivity contribution < 1.29 is 14.6 Å². The molecule has 0 aromatic carbocycles. The number of carboxylic acids is 1. The summed E-state index contributed by atoms with van der Waals surface area (Å²) >= 11 is 2.12. The lowest BCUT2D eigenvalue weighted by molar-refractivity contribution is 0.0671. The van der Waals surface area contributed by atoms with Crippen LogP contribution in [-0.4, -0.2) is 28.4 Å². The number of aromatic nitrogens is 1. The number of hydrogen-bond acceptors (Lipinski definition) is 2. The quantitative estimate of drug-likeness (QED) is 0.866. The molecular formula is C10H12INO3. The topological polar surface area (TPSA) is 51.5 Å². The van der Waals surface area contributed by atoms with E-state index in [0.29, 0.717) is 12.2 Å². The summed E-state index contributed by atoms with van der Waals surface area (Å²) in [5.74, 6) is -0.879. The highest BCUT2D eigenvalue weighted by Crippen LogP contribution is 2.17. The molecule has 82 valence electrons. The van der Waals surface area contributed by atoms with Crippen LogP contribution >= 0.6 is 22.6 Å². The lowest BCUT2D eigenvalue weighted by Gasteiger charge is -2.11. The van der Waals surface area contributed by atoms with Gasteiger partial charge in [-0.15, -0.1) is 0 Å². The highest BCUT2D eigenvalue weighted by molar-refractivity contribution is 14.1. The normalized spacial score (nSPS) is 20.7. The fourth-order valence-corrected chi connectivity index (χ4v) is 2.44. The van der Waals surface area contributed by atoms with Gasteiger partial charge in [-0.1, -0.05) is 0 Å². The largest absolute Gasteiger partial charge is 0.477 e. The molecule has 0 radical (unpaired) electrons. The molecule has 0 spiro atoms. The first-order chi connectivity index (χ1) is 7.16. The number of carboxylic acid groups (broad SMARTS) is 1. The van der Waals surface area contributed by atoms with E-state index in [1.165, 1.54) is 0 Å². The lowest BCUT2D eigenvalue weighted by Crippen LogP contribution is -2.17. The Labute approximate surface area is 101 Å². The summed E-state index contributed by atoms with van der Waals surface area (Å²) in [5, 5.41) is 8.99. The van der Waals surface area contributed by atoms with E-state index in [9.17, 15) is 4.79 Å². The summed E-state index contributed by atoms with van der Waals surface area (Å²) < 4.78 is 8.20. The SMILES string of the molecule is O=C(O)c1cc(I)cn1CC1CCCO1. The van der Waals surface area contributed by atoms with Crippen LogP contribution in [-0.2, 0) is 11.3 Å². The molecule has 15 heavy (non-hydrogen) atoms. The fraction of sp³-hybridized carbons (Fsp3) is 0.500. The van der Waals surface area contributed by atoms with Crippen LogP contribution in [0.5, 0.6) is 0 Å². The van der Waals surface area contributed by atoms with Crippen LogP contribution < -0.4 is 0 Å². The third-order valence-electron chi connectivity index (χ3n) is 2.51. The van der Waals surface area contributed by atoms with E-state index in [4.69, 9.17) is 9.84 Å². The molecule has 1 aliphatic rings. The summed E-state index contributed by atoms with van der Waals surface area (Å²) in [6.07, 6.45) is 4.12. The van der Waals surface area contributed by atoms with Crippen molar-refractivity contribution in [2.75, 3.05) is 6.61 Å². The Kier molecular flexibility index (Phi) is 3.30. The van der Waals surface area contributed by atoms with Crippen LogP contribution in [0.25, 0.3) is 0 Å². The standard InChI is InChI=1S/C10H12INO3/c11-7-4-9(10(13)14)12(5-7)6-8-2-1-3-15-8/h4-5,8H,1-3,6H2,(H,13,14). The van der Waals surface area contributed by atoms with Crippen molar-refractivity contribution in [3.05, 3.63) is 21.5 Å². The van der Waals surface area contributed by atoms with Gasteiger partial charge in [-0.3, -0.25) is 0 Å². The zero-order valence-electron chi connectivity index (χ0n) is 8.15. The van der Waals surface area contributed by atoms with E-state index < -0.39 is 5.97 Å². The van der Waals surface area contributed by atoms with Crippen LogP contribution in [0.15, 0.2) is 12.3 Å². The Bertz CT molecular complexity index is 369. The van der Waals surface area contributed by atoms with Crippen molar-refractivity contribution in [3.63, 3.8) is 0 Å². The zero-order valence-corrected chi connectivity index (χ0v) is 10.3. The molecule has 1 atom stereocenters. The molecule has 1 aromatic heterocycles. The molecule has 1 unspecified atom stereocenters. The van der Waals surface area contributed by atoms with Gasteiger partial charge in [0.2, 0.25) is 0 Å². The van der Waals surface area contributed by atoms with Gasteiger partial charge >= 0.3 is 5.97 Å². The molecule has 0 aliphatic carbocycles. The van der Waals surface area contributed by atoms with Crippen molar-refractivity contribution in [1.29, 1.82) is 0 Å². The van der Waals surface area contributed by atoms with E-state index in [-0.39, 0.29) is 6.10 Å². The second-order valence-electron chi connectivity index (χ2n) is 3.64. The summed E-state index contributed by atoms with van der Waals surface area (Å²) in [6, 6.07) is 1.68. The number of aromatic carboxylic acids is 1. The van der Waals surface area contributed by atoms with Gasteiger partial charge in [-0.05, 0) is 41.5 Å². The molecule has 2 heterocycles. The maximum Gasteiger partial charge on any atom is 0.352 e. The molecule has 0 saturated carbocycles. The van der Waals surface area contributed by atoms with Crippen molar-refractivity contribution in [2.24, 2.45) is 0 Å². The molecule has 1 aliphatic heterocycles. The first-order valence-electron chi connectivity index (χ1n) is 4.87. The molecule has 1 N–H and O–H groups in total. The molecule has 1 aromatic rings. The zero-order chi connectivity index (χ0) is 10.8. The monoisotopic (exact) mass is 321 g/mol. The summed E-state index contributed by atoms with van der Waals surface area (Å²) in [7, 11) is 0. The number of ether oxygens (including phenoxy) is 1. The molecule has 0 bridgehead atoms. The average molecular weight is 321 g/mol. The Morgan fingerprint density at radius 1 is 1.73 bits per heavy atom. The third-order valence-corrected chi connectivity index (χ3v) is 3.10. The number of rotatable bonds is 3. The van der Waals surface area contributed by atoms with Crippen LogP contribution in [0.3, 0.4) is 0 Å². The Hall–Kier alpha value is -0.560. The smallest absolute Gasteiger partial charge is 0.352 e. The number of nitrogens with zero attached hydrogens (tertiary/aromatic N) is 1. The van der Waals surface area contributed by atoms with E-state index >= 15 is 0 Å². The first-order valence-corrected chi connectivity index (χ1v) is 5.95. The lowest BCUT2D eigenvalue weighted by atomic mass is 10.2. The molecule has 4 nitrogen and oxygen atoms in total. The molecule has 1 fully saturated rings. The first kappa shape index (κ1) is 10.9. The second kappa shape index (κ2) is 4.52. The Morgan fingerprint density at radius 3 is 3.13 bits per heavy atom. The van der Waals surface area contributed by atoms with E-state index in [1.54, 1.807) is 10.6 Å². The maximum absolute atomic E-state index is 10.9. The van der Waals surface area contributed by atoms with Crippen molar-refractivity contribution in [2.45, 2.75) is 25.5 Å². The summed E-state index contributed by atoms with van der Waals surface area (Å²) in [5.41, 5.74) is 0.343. The fourth-order valence-electron chi connectivity index (χ4n) is 1.81. The predicted molar refractivity (Wildman–Crippen MR) is 63.1 cm³/mol. The highest BCUT2D eigenvalue weighted by atomic mass is 127. The number of hydrogen-bond donors (Lipinski definition) is 1. The van der Waals surface area contributed by atoms with Gasteiger partial charge in [0, 0.05) is 22.9 Å². The number of carbonyl (C=O) groups is 1. The minimum absolute atomic E-state index is 0.172. The van der Waals surface area contributed by atoms with Gasteiger partial charge in [0.1, 0.15) is 5.69 Å². The van der Waals surface area contributed by atoms with Gasteiger partial charge in [0.05, 0.1) is 6.10 Å². The van der Waals surface area contributed by atoms with Gasteiger partial charge in [0.15, 0.2) is 0 Å². The van der Waals surface area contributed by atoms with Crippen LogP contribution in [0.2, 0.25) is 0 Å². The van der Waals surface area contributed by atoms with Crippen LogP contribution in [0.1, 0.15) is 23.3 Å². The molecule has 2 rings (SSSR count). The van der Waals surface area contributed by atoms with Crippen LogP contribution in [0.4, 0.5) is 0 Å². The highest BCUT2D eigenvalue weighted by Gasteiger charge is 2.19. The molecule has 0 amide bonds. The van der Waals surface area contributed by atoms with E-state index in [0.717, 1.165) is 23.0 Å². The summed E-state index contributed by atoms with van der Waals surface area (Å²) in [4.78, 5) is 10.9. The van der Waals surface area contributed by atoms with Gasteiger partial charge in [0.25, 0.3) is 0 Å². The number of halogens is 1. The maximum atomic E-state index is 10.9. The van der Waals surface area contributed by atoms with Crippen molar-refractivity contribution in [1.82, 2.24) is 4.57 Å². The Balaban J connectivity index is 2.15. The molecular weight excluding hydrogens is 309 g/mol. The van der Waals surface area contributed by atoms with Crippen LogP contribution in [0, 0.1) is 3.57 Å². The molecule has 1 saturated heterocycles. The minimum Gasteiger partial charge on any atom is -0.477 e. The third kappa shape index (κ3) is 2.52. The van der Waals surface area contributed by atoms with Gasteiger partial charge < -0.3 is 14.4 Å². The van der Waals surface area contributed by atoms with E-state index in [1.807, 2.05) is 6.20 Å². The van der Waals surface area contributed by atoms with E-state index in [2.05, 4.69) is 22.6 Å². The average Bonchev–Trinajstić information content (AvgIpc) is 2.75. The second-order valence-corrected chi connectivity index (χ2v) is 4.88. The summed E-state index contributed by atoms with van der Waals surface area (Å²) in [6.45, 7) is 1.44. The Morgan fingerprint density at radius 2 is 2.53 bits per heavy atom. The van der Waals surface area contributed by atoms with Crippen molar-refractivity contribution >= 4 is 28.6 Å².